The predicted octanol–water partition coefficient (Wildman–Crippen LogP) is 14.4. The minimum atomic E-state index is -0.402. The lowest BCUT2D eigenvalue weighted by Gasteiger charge is -2.32. The van der Waals surface area contributed by atoms with Crippen molar-refractivity contribution < 1.29 is 0 Å². The highest BCUT2D eigenvalue weighted by Crippen LogP contribution is 2.63. The fourth-order valence-electron chi connectivity index (χ4n) is 9.46. The van der Waals surface area contributed by atoms with E-state index in [1.54, 1.807) is 0 Å². The summed E-state index contributed by atoms with van der Waals surface area (Å²) in [6.45, 7) is 6.61. The Hall–Kier alpha value is -6.44. The third kappa shape index (κ3) is 5.22. The van der Waals surface area contributed by atoms with Gasteiger partial charge in [-0.05, 0) is 135 Å². The Morgan fingerprint density at radius 1 is 0.400 bits per heavy atom. The molecule has 8 aromatic rings. The maximum Gasteiger partial charge on any atom is 0.0726 e. The van der Waals surface area contributed by atoms with Crippen molar-refractivity contribution in [2.24, 2.45) is 0 Å². The molecule has 0 amide bonds. The number of fused-ring (bicyclic) bond motifs is 10. The minimum absolute atomic E-state index is 0.402. The number of hydrogen-bond acceptors (Lipinski definition) is 1. The minimum Gasteiger partial charge on any atom is -0.310 e. The molecule has 0 aromatic heterocycles. The Labute approximate surface area is 325 Å². The summed E-state index contributed by atoms with van der Waals surface area (Å²) >= 11 is 0. The molecule has 0 radical (unpaired) electrons. The Balaban J connectivity index is 1.15. The van der Waals surface area contributed by atoms with Gasteiger partial charge in [0.05, 0.1) is 5.41 Å². The number of benzene rings is 8. The van der Waals surface area contributed by atoms with Crippen LogP contribution < -0.4 is 4.90 Å². The normalized spacial score (nSPS) is 12.9. The van der Waals surface area contributed by atoms with Crippen molar-refractivity contribution in [2.45, 2.75) is 39.0 Å². The predicted molar refractivity (Wildman–Crippen MR) is 232 cm³/mol. The van der Waals surface area contributed by atoms with Crippen LogP contribution in [0.1, 0.15) is 52.3 Å². The van der Waals surface area contributed by atoms with E-state index in [1.165, 1.54) is 83.5 Å². The average molecular weight is 706 g/mol. The first kappa shape index (κ1) is 33.2. The van der Waals surface area contributed by atoms with Crippen molar-refractivity contribution in [1.29, 1.82) is 0 Å². The summed E-state index contributed by atoms with van der Waals surface area (Å²) in [6, 6.07) is 68.3. The van der Waals surface area contributed by atoms with E-state index in [1.807, 2.05) is 0 Å². The van der Waals surface area contributed by atoms with Crippen LogP contribution >= 0.6 is 0 Å². The topological polar surface area (TPSA) is 3.24 Å². The summed E-state index contributed by atoms with van der Waals surface area (Å²) in [4.78, 5) is 2.44. The van der Waals surface area contributed by atoms with Gasteiger partial charge in [0.1, 0.15) is 0 Å². The van der Waals surface area contributed by atoms with Gasteiger partial charge in [-0.2, -0.15) is 0 Å². The summed E-state index contributed by atoms with van der Waals surface area (Å²) in [5.41, 5.74) is 22.6. The molecule has 0 fully saturated rings. The molecule has 0 aliphatic heterocycles. The van der Waals surface area contributed by atoms with Gasteiger partial charge in [0, 0.05) is 17.1 Å². The Morgan fingerprint density at radius 3 is 1.42 bits per heavy atom. The fraction of sp³-hybridized carbons (Fsp3) is 0.111. The van der Waals surface area contributed by atoms with E-state index >= 15 is 0 Å². The van der Waals surface area contributed by atoms with Gasteiger partial charge >= 0.3 is 0 Å². The second kappa shape index (κ2) is 13.1. The van der Waals surface area contributed by atoms with Gasteiger partial charge in [0.2, 0.25) is 0 Å². The summed E-state index contributed by atoms with van der Waals surface area (Å²) < 4.78 is 0. The second-order valence-electron chi connectivity index (χ2n) is 15.3. The molecule has 264 valence electrons. The molecule has 2 aliphatic rings. The lowest BCUT2D eigenvalue weighted by Crippen LogP contribution is -2.26. The summed E-state index contributed by atoms with van der Waals surface area (Å²) in [6.07, 6.45) is 2.27. The summed E-state index contributed by atoms with van der Waals surface area (Å²) in [7, 11) is 0. The molecule has 55 heavy (non-hydrogen) atoms. The molecule has 1 spiro atoms. The third-order valence-electron chi connectivity index (χ3n) is 12.0. The average Bonchev–Trinajstić information content (AvgIpc) is 3.70. The van der Waals surface area contributed by atoms with E-state index in [-0.39, 0.29) is 0 Å². The van der Waals surface area contributed by atoms with E-state index < -0.39 is 5.41 Å². The van der Waals surface area contributed by atoms with E-state index in [2.05, 4.69) is 208 Å². The molecule has 1 heteroatoms. The standard InChI is InChI=1S/C54H43N/c1-4-11-38-20-22-39(23-21-38)40-24-28-42(29-25-40)55(43-30-26-41(27-31-43)49-34-36(2)18-19-37(49)3)44-32-33-48-47-14-7-10-17-52(47)54(53(48)35-44)50-15-8-5-12-45(50)46-13-6-9-16-51(46)54/h5-10,12-35H,4,11H2,1-3H3. The van der Waals surface area contributed by atoms with Gasteiger partial charge in [0.15, 0.2) is 0 Å². The first-order valence-corrected chi connectivity index (χ1v) is 19.7. The maximum atomic E-state index is 2.48. The number of hydrogen-bond donors (Lipinski definition) is 0. The lowest BCUT2D eigenvalue weighted by molar-refractivity contribution is 0.793. The maximum absolute atomic E-state index is 2.48. The van der Waals surface area contributed by atoms with E-state index in [0.717, 1.165) is 29.9 Å². The number of aryl methyl sites for hydroxylation is 3. The van der Waals surface area contributed by atoms with Crippen LogP contribution in [0.25, 0.3) is 44.5 Å². The van der Waals surface area contributed by atoms with Crippen molar-refractivity contribution in [3.05, 3.63) is 221 Å². The zero-order chi connectivity index (χ0) is 37.1. The highest BCUT2D eigenvalue weighted by Gasteiger charge is 2.51. The highest BCUT2D eigenvalue weighted by atomic mass is 15.1. The number of nitrogens with zero attached hydrogens (tertiary/aromatic N) is 1. The van der Waals surface area contributed by atoms with Crippen LogP contribution in [-0.2, 0) is 11.8 Å². The molecular weight excluding hydrogens is 663 g/mol. The molecule has 0 atom stereocenters. The highest BCUT2D eigenvalue weighted by molar-refractivity contribution is 5.96. The number of anilines is 3. The second-order valence-corrected chi connectivity index (χ2v) is 15.3. The zero-order valence-electron chi connectivity index (χ0n) is 31.7. The Bertz CT molecular complexity index is 2650. The molecule has 0 unspecified atom stereocenters. The smallest absolute Gasteiger partial charge is 0.0726 e. The van der Waals surface area contributed by atoms with Crippen molar-refractivity contribution in [2.75, 3.05) is 4.90 Å². The summed E-state index contributed by atoms with van der Waals surface area (Å²) in [5, 5.41) is 0. The molecule has 1 nitrogen and oxygen atoms in total. The summed E-state index contributed by atoms with van der Waals surface area (Å²) in [5.74, 6) is 0. The van der Waals surface area contributed by atoms with E-state index in [4.69, 9.17) is 0 Å². The van der Waals surface area contributed by atoms with Crippen molar-refractivity contribution in [3.8, 4) is 44.5 Å². The molecule has 2 aliphatic carbocycles. The van der Waals surface area contributed by atoms with Gasteiger partial charge in [0.25, 0.3) is 0 Å². The van der Waals surface area contributed by atoms with Crippen LogP contribution in [0.4, 0.5) is 17.1 Å². The monoisotopic (exact) mass is 705 g/mol. The van der Waals surface area contributed by atoms with E-state index in [0.29, 0.717) is 0 Å². The quantitative estimate of drug-likeness (QED) is 0.160. The van der Waals surface area contributed by atoms with Crippen molar-refractivity contribution in [3.63, 3.8) is 0 Å². The number of rotatable bonds is 7. The Kier molecular flexibility index (Phi) is 7.92. The lowest BCUT2D eigenvalue weighted by atomic mass is 9.70. The fourth-order valence-corrected chi connectivity index (χ4v) is 9.46. The SMILES string of the molecule is CCCc1ccc(-c2ccc(N(c3ccc(-c4cc(C)ccc4C)cc3)c3ccc4c(c3)C3(c5ccccc5-c5ccccc53)c3ccccc3-4)cc2)cc1. The molecule has 8 aromatic carbocycles. The first-order valence-electron chi connectivity index (χ1n) is 19.7. The van der Waals surface area contributed by atoms with Crippen LogP contribution in [0.15, 0.2) is 182 Å². The molecule has 0 bridgehead atoms. The molecule has 0 N–H and O–H groups in total. The van der Waals surface area contributed by atoms with E-state index in [9.17, 15) is 0 Å². The van der Waals surface area contributed by atoms with Crippen LogP contribution in [-0.4, -0.2) is 0 Å². The van der Waals surface area contributed by atoms with Gasteiger partial charge < -0.3 is 4.90 Å². The van der Waals surface area contributed by atoms with Gasteiger partial charge in [-0.3, -0.25) is 0 Å². The van der Waals surface area contributed by atoms with Crippen LogP contribution in [0.5, 0.6) is 0 Å². The van der Waals surface area contributed by atoms with Gasteiger partial charge in [-0.1, -0.05) is 165 Å². The zero-order valence-corrected chi connectivity index (χ0v) is 31.7. The van der Waals surface area contributed by atoms with Crippen molar-refractivity contribution >= 4 is 17.1 Å². The first-order chi connectivity index (χ1) is 27.0. The molecule has 0 saturated carbocycles. The third-order valence-corrected chi connectivity index (χ3v) is 12.0. The molecular formula is C54H43N. The van der Waals surface area contributed by atoms with Crippen LogP contribution in [0.3, 0.4) is 0 Å². The Morgan fingerprint density at radius 2 is 0.873 bits per heavy atom. The van der Waals surface area contributed by atoms with Crippen molar-refractivity contribution in [1.82, 2.24) is 0 Å². The molecule has 0 heterocycles. The molecule has 0 saturated heterocycles. The molecule has 10 rings (SSSR count). The van der Waals surface area contributed by atoms with Gasteiger partial charge in [-0.25, -0.2) is 0 Å². The van der Waals surface area contributed by atoms with Gasteiger partial charge in [-0.15, -0.1) is 0 Å². The van der Waals surface area contributed by atoms with Crippen LogP contribution in [0, 0.1) is 13.8 Å². The largest absolute Gasteiger partial charge is 0.310 e. The van der Waals surface area contributed by atoms with Crippen LogP contribution in [0.2, 0.25) is 0 Å².